The van der Waals surface area contributed by atoms with Crippen LogP contribution in [0.5, 0.6) is 11.5 Å². The van der Waals surface area contributed by atoms with Crippen molar-refractivity contribution in [1.82, 2.24) is 5.32 Å². The number of anilines is 3. The minimum atomic E-state index is -1.60. The Labute approximate surface area is 347 Å². The number of carbonyl (C=O) groups excluding carboxylic acids is 4. The van der Waals surface area contributed by atoms with E-state index >= 15 is 0 Å². The van der Waals surface area contributed by atoms with Gasteiger partial charge in [0.2, 0.25) is 18.1 Å². The number of fused-ring (bicyclic) bond motifs is 3. The van der Waals surface area contributed by atoms with Gasteiger partial charge in [-0.25, -0.2) is 4.79 Å². The van der Waals surface area contributed by atoms with Gasteiger partial charge in [0.05, 0.1) is 36.1 Å². The summed E-state index contributed by atoms with van der Waals surface area (Å²) in [4.78, 5) is 53.1. The van der Waals surface area contributed by atoms with Gasteiger partial charge < -0.3 is 49.8 Å². The van der Waals surface area contributed by atoms with Crippen LogP contribution in [0.2, 0.25) is 0 Å². The number of ether oxygens (including phenoxy) is 4. The molecule has 0 bridgehead atoms. The number of alkyl halides is 2. The fraction of sp³-hybridized carbons (Fsp3) is 0.317. The van der Waals surface area contributed by atoms with Crippen molar-refractivity contribution < 1.29 is 53.4 Å². The number of carbonyl (C=O) groups is 4. The van der Waals surface area contributed by atoms with Gasteiger partial charge >= 0.3 is 6.09 Å². The van der Waals surface area contributed by atoms with Crippen LogP contribution in [0.4, 0.5) is 21.9 Å². The summed E-state index contributed by atoms with van der Waals surface area (Å²) in [5, 5.41) is 40.1. The van der Waals surface area contributed by atoms with Crippen molar-refractivity contribution in [2.75, 3.05) is 53.5 Å². The molecule has 1 saturated heterocycles. The molecule has 0 radical (unpaired) electrons. The summed E-state index contributed by atoms with van der Waals surface area (Å²) in [5.41, 5.74) is 3.30. The van der Waals surface area contributed by atoms with E-state index in [4.69, 9.17) is 30.5 Å². The summed E-state index contributed by atoms with van der Waals surface area (Å²) in [5.74, 6) is -0.167. The standard InChI is InChI=1S/C41H42BrClN4O11/c1-55-26-10-6-23(7-11-26)9-13-36(51)47-20-25(19-43)37-28-5-3-2-4-27(28)29(17-31(37)47)46-41(54)57-21-24-8-12-33(58-40-39(53)38(52)32(48)22-56-40)30(16-24)45-34(49)14-15-44-35(50)18-42/h2-13,16-17,25,32,38-40,48,52-53H,14-15,18-22H2,1H3,(H,44,50)(H,45,49)(H,46,54)/t25?,32-,38+,39-,40?/m1/s1. The number of halogens is 2. The molecule has 4 aromatic rings. The zero-order chi connectivity index (χ0) is 41.3. The molecular weight excluding hydrogens is 840 g/mol. The maximum absolute atomic E-state index is 13.6. The minimum Gasteiger partial charge on any atom is -0.497 e. The van der Waals surface area contributed by atoms with E-state index in [1.54, 1.807) is 42.4 Å². The van der Waals surface area contributed by atoms with Gasteiger partial charge in [-0.05, 0) is 58.5 Å². The monoisotopic (exact) mass is 880 g/mol. The molecule has 4 amide bonds. The molecule has 6 rings (SSSR count). The van der Waals surface area contributed by atoms with Crippen molar-refractivity contribution in [3.8, 4) is 11.5 Å². The Hall–Kier alpha value is -5.23. The van der Waals surface area contributed by atoms with Crippen LogP contribution in [0.3, 0.4) is 0 Å². The Morgan fingerprint density at radius 3 is 2.43 bits per heavy atom. The van der Waals surface area contributed by atoms with Gasteiger partial charge in [-0.2, -0.15) is 0 Å². The number of aliphatic hydroxyl groups excluding tert-OH is 3. The smallest absolute Gasteiger partial charge is 0.411 e. The van der Waals surface area contributed by atoms with Crippen molar-refractivity contribution in [2.24, 2.45) is 0 Å². The van der Waals surface area contributed by atoms with Gasteiger partial charge in [0.1, 0.15) is 36.4 Å². The van der Waals surface area contributed by atoms with Crippen molar-refractivity contribution in [1.29, 1.82) is 0 Å². The molecule has 15 nitrogen and oxygen atoms in total. The lowest BCUT2D eigenvalue weighted by Crippen LogP contribution is -2.54. The van der Waals surface area contributed by atoms with Crippen LogP contribution >= 0.6 is 27.5 Å². The molecule has 6 N–H and O–H groups in total. The first-order valence-corrected chi connectivity index (χ1v) is 19.9. The van der Waals surface area contributed by atoms with E-state index in [-0.39, 0.29) is 66.6 Å². The largest absolute Gasteiger partial charge is 0.497 e. The normalized spacial score (nSPS) is 20.0. The molecule has 0 spiro atoms. The average molecular weight is 882 g/mol. The van der Waals surface area contributed by atoms with Crippen molar-refractivity contribution in [3.05, 3.63) is 95.6 Å². The highest BCUT2D eigenvalue weighted by molar-refractivity contribution is 9.09. The summed E-state index contributed by atoms with van der Waals surface area (Å²) < 4.78 is 22.0. The number of nitrogens with zero attached hydrogens (tertiary/aromatic N) is 1. The molecule has 0 aromatic heterocycles. The maximum Gasteiger partial charge on any atom is 0.411 e. The number of hydrogen-bond acceptors (Lipinski definition) is 11. The summed E-state index contributed by atoms with van der Waals surface area (Å²) in [6, 6.07) is 21.0. The number of nitrogens with one attached hydrogen (secondary N) is 3. The van der Waals surface area contributed by atoms with Crippen LogP contribution in [-0.4, -0.2) is 102 Å². The van der Waals surface area contributed by atoms with E-state index in [1.165, 1.54) is 18.2 Å². The van der Waals surface area contributed by atoms with Crippen LogP contribution in [0.25, 0.3) is 16.8 Å². The predicted octanol–water partition coefficient (Wildman–Crippen LogP) is 4.64. The van der Waals surface area contributed by atoms with Crippen LogP contribution in [0, 0.1) is 0 Å². The van der Waals surface area contributed by atoms with E-state index < -0.39 is 36.6 Å². The van der Waals surface area contributed by atoms with Gasteiger partial charge in [-0.15, -0.1) is 11.6 Å². The Morgan fingerprint density at radius 1 is 0.948 bits per heavy atom. The molecule has 58 heavy (non-hydrogen) atoms. The molecule has 1 fully saturated rings. The zero-order valence-electron chi connectivity index (χ0n) is 31.2. The molecule has 0 saturated carbocycles. The number of aliphatic hydroxyl groups is 3. The van der Waals surface area contributed by atoms with Crippen LogP contribution in [0.1, 0.15) is 29.0 Å². The second kappa shape index (κ2) is 19.5. The third kappa shape index (κ3) is 10.1. The number of rotatable bonds is 14. The Kier molecular flexibility index (Phi) is 14.2. The number of benzene rings is 4. The van der Waals surface area contributed by atoms with Crippen LogP contribution in [0.15, 0.2) is 78.9 Å². The zero-order valence-corrected chi connectivity index (χ0v) is 33.6. The summed E-state index contributed by atoms with van der Waals surface area (Å²) >= 11 is 9.49. The van der Waals surface area contributed by atoms with Gasteiger partial charge in [0, 0.05) is 42.8 Å². The minimum absolute atomic E-state index is 0.0523. The highest BCUT2D eigenvalue weighted by atomic mass is 79.9. The van der Waals surface area contributed by atoms with Gasteiger partial charge in [-0.1, -0.05) is 58.4 Å². The van der Waals surface area contributed by atoms with E-state index in [1.807, 2.05) is 36.4 Å². The predicted molar refractivity (Wildman–Crippen MR) is 220 cm³/mol. The quantitative estimate of drug-likeness (QED) is 0.0761. The van der Waals surface area contributed by atoms with E-state index in [0.29, 0.717) is 29.2 Å². The first-order chi connectivity index (χ1) is 28.0. The van der Waals surface area contributed by atoms with Crippen LogP contribution in [-0.2, 0) is 30.5 Å². The molecular formula is C41H42BrClN4O11. The van der Waals surface area contributed by atoms with E-state index in [2.05, 4.69) is 31.9 Å². The fourth-order valence-electron chi connectivity index (χ4n) is 6.60. The summed E-state index contributed by atoms with van der Waals surface area (Å²) in [6.45, 7) is -0.148. The number of methoxy groups -OCH3 is 1. The van der Waals surface area contributed by atoms with Gasteiger partial charge in [0.15, 0.2) is 0 Å². The summed E-state index contributed by atoms with van der Waals surface area (Å²) in [6.07, 6.45) is -3.50. The SMILES string of the molecule is COc1ccc(C=CC(=O)N2CC(CCl)c3c2cc(NC(=O)OCc2ccc(OC4OC[C@@H](O)[C@H](O)[C@H]4O)c(NC(=O)CCNC(=O)CBr)c2)c2ccccc32)cc1. The number of hydrogen-bond donors (Lipinski definition) is 6. The van der Waals surface area contributed by atoms with Crippen molar-refractivity contribution in [2.45, 2.75) is 43.5 Å². The fourth-order valence-corrected chi connectivity index (χ4v) is 7.05. The molecule has 306 valence electrons. The van der Waals surface area contributed by atoms with Crippen LogP contribution < -0.4 is 30.3 Å². The highest BCUT2D eigenvalue weighted by Gasteiger charge is 2.39. The van der Waals surface area contributed by atoms with E-state index in [0.717, 1.165) is 21.9 Å². The molecule has 17 heteroatoms. The highest BCUT2D eigenvalue weighted by Crippen LogP contribution is 2.45. The lowest BCUT2D eigenvalue weighted by molar-refractivity contribution is -0.241. The Balaban J connectivity index is 1.19. The Bertz CT molecular complexity index is 2170. The molecule has 5 atom stereocenters. The maximum atomic E-state index is 13.6. The molecule has 0 aliphatic carbocycles. The average Bonchev–Trinajstić information content (AvgIpc) is 3.62. The van der Waals surface area contributed by atoms with E-state index in [9.17, 15) is 34.5 Å². The lowest BCUT2D eigenvalue weighted by Gasteiger charge is -2.35. The molecule has 2 heterocycles. The first kappa shape index (κ1) is 42.4. The second-order valence-electron chi connectivity index (χ2n) is 13.5. The molecule has 4 aromatic carbocycles. The topological polar surface area (TPSA) is 205 Å². The molecule has 2 aliphatic heterocycles. The first-order valence-electron chi connectivity index (χ1n) is 18.3. The molecule has 2 aliphatic rings. The van der Waals surface area contributed by atoms with Gasteiger partial charge in [-0.3, -0.25) is 19.7 Å². The molecule has 2 unspecified atom stereocenters. The lowest BCUT2D eigenvalue weighted by atomic mass is 9.95. The Morgan fingerprint density at radius 2 is 1.71 bits per heavy atom. The summed E-state index contributed by atoms with van der Waals surface area (Å²) in [7, 11) is 1.58. The number of amides is 4. The van der Waals surface area contributed by atoms with Gasteiger partial charge in [0.25, 0.3) is 5.91 Å². The second-order valence-corrected chi connectivity index (χ2v) is 14.4. The van der Waals surface area contributed by atoms with Crippen molar-refractivity contribution >= 4 is 85.3 Å². The third-order valence-electron chi connectivity index (χ3n) is 9.57. The van der Waals surface area contributed by atoms with Crippen molar-refractivity contribution in [3.63, 3.8) is 0 Å². The third-order valence-corrected chi connectivity index (χ3v) is 10.5.